The van der Waals surface area contributed by atoms with Crippen LogP contribution in [0.3, 0.4) is 0 Å². The van der Waals surface area contributed by atoms with Crippen LogP contribution in [0.1, 0.15) is 25.7 Å². The zero-order valence-corrected chi connectivity index (χ0v) is 10.8. The number of halogens is 2. The summed E-state index contributed by atoms with van der Waals surface area (Å²) in [6.07, 6.45) is 1.86. The number of Topliss-reactive ketones (excluding diaryl/α,β-unsaturated/α-hetero) is 1. The molecule has 0 fully saturated rings. The zero-order valence-electron chi connectivity index (χ0n) is 7.58. The number of ketones is 1. The Labute approximate surface area is 99.5 Å². The van der Waals surface area contributed by atoms with Gasteiger partial charge >= 0.3 is 5.97 Å². The van der Waals surface area contributed by atoms with Crippen LogP contribution in [0.4, 0.5) is 0 Å². The first-order valence-electron chi connectivity index (χ1n) is 4.21. The molecular formula is C8H13Br2NO3. The van der Waals surface area contributed by atoms with E-state index in [1.807, 2.05) is 0 Å². The Morgan fingerprint density at radius 3 is 2.36 bits per heavy atom. The quantitative estimate of drug-likeness (QED) is 0.695. The standard InChI is InChI=1S/C8H13Br2NO3/c9-7(10)3-1-2-5(12)4-6(11)8(13)14/h6-7H,1-4,11H2,(H,13,14). The van der Waals surface area contributed by atoms with E-state index in [1.165, 1.54) is 0 Å². The molecule has 0 bridgehead atoms. The molecule has 0 amide bonds. The second-order valence-corrected chi connectivity index (χ2v) is 6.41. The SMILES string of the molecule is NC(CC(=O)CCCC(Br)Br)C(=O)O. The second-order valence-electron chi connectivity index (χ2n) is 2.97. The summed E-state index contributed by atoms with van der Waals surface area (Å²) in [4.78, 5) is 21.5. The lowest BCUT2D eigenvalue weighted by Crippen LogP contribution is -2.32. The van der Waals surface area contributed by atoms with Crippen LogP contribution in [0, 0.1) is 0 Å². The molecule has 4 nitrogen and oxygen atoms in total. The Balaban J connectivity index is 3.60. The molecule has 0 aromatic heterocycles. The van der Waals surface area contributed by atoms with Crippen LogP contribution in [0.25, 0.3) is 0 Å². The number of carboxylic acids is 1. The lowest BCUT2D eigenvalue weighted by molar-refractivity contribution is -0.140. The molecule has 0 aliphatic rings. The third-order valence-electron chi connectivity index (χ3n) is 1.64. The third-order valence-corrected chi connectivity index (χ3v) is 2.56. The molecule has 0 spiro atoms. The first-order chi connectivity index (χ1) is 6.43. The van der Waals surface area contributed by atoms with E-state index in [4.69, 9.17) is 10.8 Å². The average Bonchev–Trinajstić information content (AvgIpc) is 2.02. The van der Waals surface area contributed by atoms with Gasteiger partial charge in [-0.1, -0.05) is 31.9 Å². The Morgan fingerprint density at radius 1 is 1.36 bits per heavy atom. The van der Waals surface area contributed by atoms with E-state index < -0.39 is 12.0 Å². The van der Waals surface area contributed by atoms with E-state index in [0.717, 1.165) is 12.8 Å². The lowest BCUT2D eigenvalue weighted by Gasteiger charge is -2.05. The van der Waals surface area contributed by atoms with Gasteiger partial charge in [0.25, 0.3) is 0 Å². The van der Waals surface area contributed by atoms with Gasteiger partial charge in [0.05, 0.1) is 3.74 Å². The molecule has 0 rings (SSSR count). The summed E-state index contributed by atoms with van der Waals surface area (Å²) in [7, 11) is 0. The topological polar surface area (TPSA) is 80.4 Å². The van der Waals surface area contributed by atoms with Crippen molar-refractivity contribution < 1.29 is 14.7 Å². The molecule has 1 unspecified atom stereocenters. The average molecular weight is 331 g/mol. The maximum absolute atomic E-state index is 11.2. The van der Waals surface area contributed by atoms with E-state index in [-0.39, 0.29) is 15.9 Å². The van der Waals surface area contributed by atoms with Crippen LogP contribution in [0.15, 0.2) is 0 Å². The summed E-state index contributed by atoms with van der Waals surface area (Å²) < 4.78 is 0.205. The first-order valence-corrected chi connectivity index (χ1v) is 6.05. The number of carbonyl (C=O) groups excluding carboxylic acids is 1. The van der Waals surface area contributed by atoms with Crippen LogP contribution in [-0.4, -0.2) is 26.6 Å². The van der Waals surface area contributed by atoms with Gasteiger partial charge in [-0.25, -0.2) is 0 Å². The molecular weight excluding hydrogens is 318 g/mol. The van der Waals surface area contributed by atoms with Gasteiger partial charge in [-0.15, -0.1) is 0 Å². The van der Waals surface area contributed by atoms with Gasteiger partial charge < -0.3 is 10.8 Å². The molecule has 6 heteroatoms. The van der Waals surface area contributed by atoms with Gasteiger partial charge in [-0.3, -0.25) is 9.59 Å². The normalized spacial score (nSPS) is 12.9. The highest BCUT2D eigenvalue weighted by Crippen LogP contribution is 2.16. The summed E-state index contributed by atoms with van der Waals surface area (Å²) in [6.45, 7) is 0. The fourth-order valence-corrected chi connectivity index (χ4v) is 1.54. The largest absolute Gasteiger partial charge is 0.480 e. The lowest BCUT2D eigenvalue weighted by atomic mass is 10.1. The van der Waals surface area contributed by atoms with Crippen molar-refractivity contribution in [2.45, 2.75) is 35.5 Å². The highest BCUT2D eigenvalue weighted by atomic mass is 79.9. The maximum atomic E-state index is 11.2. The molecule has 0 heterocycles. The van der Waals surface area contributed by atoms with E-state index in [1.54, 1.807) is 0 Å². The fourth-order valence-electron chi connectivity index (χ4n) is 0.888. The van der Waals surface area contributed by atoms with Crippen molar-refractivity contribution in [3.05, 3.63) is 0 Å². The zero-order chi connectivity index (χ0) is 11.1. The molecule has 0 aromatic carbocycles. The number of aliphatic carboxylic acids is 1. The Kier molecular flexibility index (Phi) is 7.40. The molecule has 0 aliphatic carbocycles. The predicted molar refractivity (Wildman–Crippen MR) is 60.7 cm³/mol. The predicted octanol–water partition coefficient (Wildman–Crippen LogP) is 1.64. The van der Waals surface area contributed by atoms with Crippen molar-refractivity contribution in [3.63, 3.8) is 0 Å². The smallest absolute Gasteiger partial charge is 0.320 e. The monoisotopic (exact) mass is 329 g/mol. The van der Waals surface area contributed by atoms with Crippen molar-refractivity contribution in [1.82, 2.24) is 0 Å². The van der Waals surface area contributed by atoms with Gasteiger partial charge in [-0.2, -0.15) is 0 Å². The van der Waals surface area contributed by atoms with Gasteiger partial charge in [0.15, 0.2) is 0 Å². The van der Waals surface area contributed by atoms with E-state index in [2.05, 4.69) is 31.9 Å². The molecule has 3 N–H and O–H groups in total. The Bertz CT molecular complexity index is 209. The number of nitrogens with two attached hydrogens (primary N) is 1. The minimum atomic E-state index is -1.13. The first kappa shape index (κ1) is 14.1. The molecule has 14 heavy (non-hydrogen) atoms. The van der Waals surface area contributed by atoms with Crippen LogP contribution in [-0.2, 0) is 9.59 Å². The second kappa shape index (κ2) is 7.36. The molecule has 0 aliphatic heterocycles. The van der Waals surface area contributed by atoms with Crippen molar-refractivity contribution in [1.29, 1.82) is 0 Å². The van der Waals surface area contributed by atoms with E-state index in [0.29, 0.717) is 6.42 Å². The van der Waals surface area contributed by atoms with Crippen molar-refractivity contribution in [3.8, 4) is 0 Å². The van der Waals surface area contributed by atoms with Crippen LogP contribution >= 0.6 is 31.9 Å². The van der Waals surface area contributed by atoms with Gasteiger partial charge in [0.2, 0.25) is 0 Å². The van der Waals surface area contributed by atoms with Gasteiger partial charge in [-0.05, 0) is 12.8 Å². The molecule has 0 saturated heterocycles. The van der Waals surface area contributed by atoms with Gasteiger partial charge in [0, 0.05) is 12.8 Å². The Hall–Kier alpha value is 0.0600. The third kappa shape index (κ3) is 7.46. The number of carboxylic acid groups (broad SMARTS) is 1. The highest BCUT2D eigenvalue weighted by molar-refractivity contribution is 9.24. The van der Waals surface area contributed by atoms with Crippen LogP contribution in [0.2, 0.25) is 0 Å². The maximum Gasteiger partial charge on any atom is 0.320 e. The highest BCUT2D eigenvalue weighted by Gasteiger charge is 2.15. The number of rotatable bonds is 7. The summed E-state index contributed by atoms with van der Waals surface area (Å²) in [6, 6.07) is -1.06. The summed E-state index contributed by atoms with van der Waals surface area (Å²) in [5.74, 6) is -1.22. The van der Waals surface area contributed by atoms with Crippen LogP contribution in [0.5, 0.6) is 0 Å². The number of alkyl halides is 2. The fraction of sp³-hybridized carbons (Fsp3) is 0.750. The van der Waals surface area contributed by atoms with Gasteiger partial charge in [0.1, 0.15) is 11.8 Å². The minimum Gasteiger partial charge on any atom is -0.480 e. The summed E-state index contributed by atoms with van der Waals surface area (Å²) in [5.41, 5.74) is 5.21. The number of hydrogen-bond donors (Lipinski definition) is 2. The van der Waals surface area contributed by atoms with Crippen molar-refractivity contribution in [2.24, 2.45) is 5.73 Å². The molecule has 0 aromatic rings. The summed E-state index contributed by atoms with van der Waals surface area (Å²) in [5, 5.41) is 8.45. The van der Waals surface area contributed by atoms with Crippen molar-refractivity contribution >= 4 is 43.6 Å². The van der Waals surface area contributed by atoms with E-state index >= 15 is 0 Å². The number of carbonyl (C=O) groups is 2. The van der Waals surface area contributed by atoms with E-state index in [9.17, 15) is 9.59 Å². The summed E-state index contributed by atoms with van der Waals surface area (Å²) >= 11 is 6.57. The molecule has 1 atom stereocenters. The molecule has 0 radical (unpaired) electrons. The van der Waals surface area contributed by atoms with Crippen LogP contribution < -0.4 is 5.73 Å². The Morgan fingerprint density at radius 2 is 1.93 bits per heavy atom. The molecule has 82 valence electrons. The molecule has 0 saturated carbocycles. The number of hydrogen-bond acceptors (Lipinski definition) is 3. The van der Waals surface area contributed by atoms with Crippen molar-refractivity contribution in [2.75, 3.05) is 0 Å². The minimum absolute atomic E-state index is 0.0788.